The van der Waals surface area contributed by atoms with Crippen LogP contribution in [0.1, 0.15) is 11.5 Å². The van der Waals surface area contributed by atoms with Crippen LogP contribution in [0.5, 0.6) is 0 Å². The zero-order valence-electron chi connectivity index (χ0n) is 11.8. The van der Waals surface area contributed by atoms with Crippen LogP contribution in [0.15, 0.2) is 53.4 Å². The second kappa shape index (κ2) is 6.06. The highest BCUT2D eigenvalue weighted by Gasteiger charge is 2.60. The molecule has 0 heterocycles. The first-order chi connectivity index (χ1) is 10.8. The van der Waals surface area contributed by atoms with Gasteiger partial charge in [-0.15, -0.1) is 0 Å². The van der Waals surface area contributed by atoms with Crippen molar-refractivity contribution in [2.24, 2.45) is 11.7 Å². The molecule has 23 heavy (non-hydrogen) atoms. The third-order valence-corrected chi connectivity index (χ3v) is 7.05. The monoisotopic (exact) mass is 385 g/mol. The summed E-state index contributed by atoms with van der Waals surface area (Å²) in [7, 11) is -3.54. The Hall–Kier alpha value is -1.14. The number of halogens is 2. The molecule has 3 atom stereocenters. The van der Waals surface area contributed by atoms with Crippen molar-refractivity contribution in [2.45, 2.75) is 16.1 Å². The molecule has 3 nitrogen and oxygen atoms in total. The van der Waals surface area contributed by atoms with Gasteiger partial charge in [-0.25, -0.2) is 8.42 Å². The van der Waals surface area contributed by atoms with Gasteiger partial charge in [0.15, 0.2) is 9.84 Å². The van der Waals surface area contributed by atoms with Crippen molar-refractivity contribution in [3.8, 4) is 0 Å². The van der Waals surface area contributed by atoms with Crippen LogP contribution < -0.4 is 5.73 Å². The SMILES string of the molecule is NC(=S)[C@@H]1[C@H](c2ccc(Cl)cc2)[C@@H]1S(=O)(=O)c1ccc(Cl)cc1. The van der Waals surface area contributed by atoms with Gasteiger partial charge in [-0.3, -0.25) is 0 Å². The van der Waals surface area contributed by atoms with E-state index in [1.807, 2.05) is 12.1 Å². The number of sulfone groups is 1. The molecule has 2 aromatic rings. The lowest BCUT2D eigenvalue weighted by atomic mass is 10.1. The quantitative estimate of drug-likeness (QED) is 0.812. The lowest BCUT2D eigenvalue weighted by Crippen LogP contribution is -2.17. The number of benzene rings is 2. The molecule has 0 saturated heterocycles. The maximum atomic E-state index is 12.9. The number of rotatable bonds is 4. The summed E-state index contributed by atoms with van der Waals surface area (Å²) in [5, 5.41) is 0.431. The summed E-state index contributed by atoms with van der Waals surface area (Å²) in [6.07, 6.45) is 0. The topological polar surface area (TPSA) is 60.2 Å². The molecular formula is C16H13Cl2NO2S2. The molecular weight excluding hydrogens is 373 g/mol. The van der Waals surface area contributed by atoms with E-state index in [0.29, 0.717) is 10.0 Å². The minimum absolute atomic E-state index is 0.215. The van der Waals surface area contributed by atoms with Crippen LogP contribution >= 0.6 is 35.4 Å². The summed E-state index contributed by atoms with van der Waals surface area (Å²) < 4.78 is 25.8. The predicted octanol–water partition coefficient (Wildman–Crippen LogP) is 3.84. The molecule has 0 aromatic heterocycles. The highest BCUT2D eigenvalue weighted by atomic mass is 35.5. The molecule has 1 aliphatic carbocycles. The third kappa shape index (κ3) is 3.11. The number of hydrogen-bond acceptors (Lipinski definition) is 3. The van der Waals surface area contributed by atoms with E-state index in [-0.39, 0.29) is 21.7 Å². The van der Waals surface area contributed by atoms with Crippen molar-refractivity contribution in [2.75, 3.05) is 0 Å². The summed E-state index contributed by atoms with van der Waals surface area (Å²) in [5.41, 5.74) is 6.63. The van der Waals surface area contributed by atoms with Crippen molar-refractivity contribution < 1.29 is 8.42 Å². The fourth-order valence-electron chi connectivity index (χ4n) is 2.87. The lowest BCUT2D eigenvalue weighted by Gasteiger charge is -2.04. The van der Waals surface area contributed by atoms with Gasteiger partial charge in [-0.05, 0) is 42.0 Å². The Balaban J connectivity index is 1.98. The number of nitrogens with two attached hydrogens (primary N) is 1. The van der Waals surface area contributed by atoms with E-state index < -0.39 is 15.1 Å². The largest absolute Gasteiger partial charge is 0.393 e. The number of hydrogen-bond donors (Lipinski definition) is 1. The van der Waals surface area contributed by atoms with Gasteiger partial charge < -0.3 is 5.73 Å². The van der Waals surface area contributed by atoms with Gasteiger partial charge in [0.25, 0.3) is 0 Å². The minimum atomic E-state index is -3.54. The highest BCUT2D eigenvalue weighted by molar-refractivity contribution is 7.92. The van der Waals surface area contributed by atoms with Crippen molar-refractivity contribution in [1.82, 2.24) is 0 Å². The van der Waals surface area contributed by atoms with Gasteiger partial charge in [0.2, 0.25) is 0 Å². The van der Waals surface area contributed by atoms with E-state index in [9.17, 15) is 8.42 Å². The molecule has 0 spiro atoms. The first-order valence-corrected chi connectivity index (χ1v) is 9.57. The summed E-state index contributed by atoms with van der Waals surface area (Å²) in [6.45, 7) is 0. The van der Waals surface area contributed by atoms with Gasteiger partial charge in [0.1, 0.15) is 0 Å². The van der Waals surface area contributed by atoms with Crippen LogP contribution in [0.3, 0.4) is 0 Å². The molecule has 2 aromatic carbocycles. The standard InChI is InChI=1S/C16H13Cl2NO2S2/c17-10-3-1-9(2-4-10)13-14(16(19)22)15(13)23(20,21)12-7-5-11(18)6-8-12/h1-8,13-15H,(H2,19,22)/t13-,14+,15-/m0/s1. The fraction of sp³-hybridized carbons (Fsp3) is 0.188. The first-order valence-electron chi connectivity index (χ1n) is 6.86. The fourth-order valence-corrected chi connectivity index (χ4v) is 5.66. The summed E-state index contributed by atoms with van der Waals surface area (Å²) in [4.78, 5) is 0.442. The van der Waals surface area contributed by atoms with Gasteiger partial charge in [-0.2, -0.15) is 0 Å². The Kier molecular flexibility index (Phi) is 4.40. The van der Waals surface area contributed by atoms with Crippen molar-refractivity contribution in [1.29, 1.82) is 0 Å². The lowest BCUT2D eigenvalue weighted by molar-refractivity contribution is 0.593. The van der Waals surface area contributed by atoms with E-state index in [1.165, 1.54) is 12.1 Å². The normalized spacial score (nSPS) is 23.5. The van der Waals surface area contributed by atoms with Crippen LogP contribution in [0.25, 0.3) is 0 Å². The smallest absolute Gasteiger partial charge is 0.182 e. The van der Waals surface area contributed by atoms with Crippen LogP contribution in [0.2, 0.25) is 10.0 Å². The average molecular weight is 386 g/mol. The van der Waals surface area contributed by atoms with E-state index in [1.54, 1.807) is 24.3 Å². The Bertz CT molecular complexity index is 849. The molecule has 1 aliphatic rings. The average Bonchev–Trinajstić information content (AvgIpc) is 3.25. The van der Waals surface area contributed by atoms with Crippen LogP contribution in [0, 0.1) is 5.92 Å². The van der Waals surface area contributed by atoms with E-state index in [4.69, 9.17) is 41.2 Å². The van der Waals surface area contributed by atoms with E-state index in [0.717, 1.165) is 5.56 Å². The molecule has 1 fully saturated rings. The second-order valence-corrected chi connectivity index (χ2v) is 8.92. The molecule has 0 radical (unpaired) electrons. The van der Waals surface area contributed by atoms with Gasteiger partial charge in [-0.1, -0.05) is 47.6 Å². The summed E-state index contributed by atoms with van der Waals surface area (Å²) in [6, 6.07) is 13.2. The molecule has 1 saturated carbocycles. The van der Waals surface area contributed by atoms with Crippen LogP contribution in [0.4, 0.5) is 0 Å². The molecule has 2 N–H and O–H groups in total. The third-order valence-electron chi connectivity index (χ3n) is 4.04. The molecule has 7 heteroatoms. The zero-order valence-corrected chi connectivity index (χ0v) is 15.0. The Morgan fingerprint density at radius 1 is 0.957 bits per heavy atom. The second-order valence-electron chi connectivity index (χ2n) is 5.47. The van der Waals surface area contributed by atoms with Crippen molar-refractivity contribution in [3.05, 3.63) is 64.1 Å². The molecule has 0 amide bonds. The highest BCUT2D eigenvalue weighted by Crippen LogP contribution is 2.54. The molecule has 120 valence electrons. The van der Waals surface area contributed by atoms with Crippen molar-refractivity contribution >= 4 is 50.2 Å². The van der Waals surface area contributed by atoms with Gasteiger partial charge >= 0.3 is 0 Å². The minimum Gasteiger partial charge on any atom is -0.393 e. The predicted molar refractivity (Wildman–Crippen MR) is 96.9 cm³/mol. The summed E-state index contributed by atoms with van der Waals surface area (Å²) >= 11 is 16.8. The van der Waals surface area contributed by atoms with E-state index in [2.05, 4.69) is 0 Å². The van der Waals surface area contributed by atoms with Gasteiger partial charge in [0.05, 0.1) is 15.1 Å². The molecule has 0 aliphatic heterocycles. The molecule has 3 rings (SSSR count). The molecule has 0 bridgehead atoms. The van der Waals surface area contributed by atoms with Gasteiger partial charge in [0, 0.05) is 21.9 Å². The Morgan fingerprint density at radius 3 is 1.91 bits per heavy atom. The van der Waals surface area contributed by atoms with E-state index >= 15 is 0 Å². The maximum absolute atomic E-state index is 12.9. The number of thiocarbonyl (C=S) groups is 1. The van der Waals surface area contributed by atoms with Crippen LogP contribution in [-0.2, 0) is 9.84 Å². The van der Waals surface area contributed by atoms with Crippen LogP contribution in [-0.4, -0.2) is 18.7 Å². The first kappa shape index (κ1) is 16.7. The molecule has 0 unspecified atom stereocenters. The Morgan fingerprint density at radius 2 is 1.43 bits per heavy atom. The summed E-state index contributed by atoms with van der Waals surface area (Å²) in [5.74, 6) is -0.614. The zero-order chi connectivity index (χ0) is 16.8. The van der Waals surface area contributed by atoms with Crippen molar-refractivity contribution in [3.63, 3.8) is 0 Å². The maximum Gasteiger partial charge on any atom is 0.182 e. The Labute approximate surface area is 150 Å².